The normalized spacial score (nSPS) is 28.9. The maximum atomic E-state index is 10.4. The van der Waals surface area contributed by atoms with Crippen LogP contribution in [0.25, 0.3) is 0 Å². The van der Waals surface area contributed by atoms with E-state index in [-0.39, 0.29) is 6.10 Å². The van der Waals surface area contributed by atoms with Gasteiger partial charge in [0.15, 0.2) is 0 Å². The van der Waals surface area contributed by atoms with E-state index in [1.807, 2.05) is 0 Å². The van der Waals surface area contributed by atoms with Crippen LogP contribution < -0.4 is 0 Å². The third-order valence-corrected chi connectivity index (χ3v) is 6.14. The number of nitrogens with zero attached hydrogens (tertiary/aromatic N) is 1. The zero-order valence-corrected chi connectivity index (χ0v) is 16.9. The van der Waals surface area contributed by atoms with Crippen LogP contribution in [0.15, 0.2) is 23.8 Å². The summed E-state index contributed by atoms with van der Waals surface area (Å²) in [6.45, 7) is 3.47. The van der Waals surface area contributed by atoms with Gasteiger partial charge in [0.25, 0.3) is 0 Å². The van der Waals surface area contributed by atoms with E-state index in [2.05, 4.69) is 44.1 Å². The predicted molar refractivity (Wildman–Crippen MR) is 109 cm³/mol. The Kier molecular flexibility index (Phi) is 9.26. The first-order valence-corrected chi connectivity index (χ1v) is 10.8. The van der Waals surface area contributed by atoms with Gasteiger partial charge in [0, 0.05) is 5.92 Å². The zero-order valence-electron chi connectivity index (χ0n) is 16.9. The van der Waals surface area contributed by atoms with E-state index in [1.54, 1.807) is 5.57 Å². The Morgan fingerprint density at radius 3 is 2.68 bits per heavy atom. The van der Waals surface area contributed by atoms with Crippen LogP contribution in [-0.2, 0) is 0 Å². The Bertz CT molecular complexity index is 426. The van der Waals surface area contributed by atoms with Gasteiger partial charge in [-0.05, 0) is 77.4 Å². The second kappa shape index (κ2) is 11.2. The van der Waals surface area contributed by atoms with Crippen molar-refractivity contribution in [3.63, 3.8) is 0 Å². The molecule has 25 heavy (non-hydrogen) atoms. The second-order valence-corrected chi connectivity index (χ2v) is 8.63. The topological polar surface area (TPSA) is 23.5 Å². The number of aliphatic hydroxyl groups excluding tert-OH is 1. The summed E-state index contributed by atoms with van der Waals surface area (Å²) in [5.41, 5.74) is 1.67. The molecule has 1 N–H and O–H groups in total. The van der Waals surface area contributed by atoms with Crippen molar-refractivity contribution in [3.8, 4) is 0 Å². The minimum absolute atomic E-state index is 0.111. The fourth-order valence-electron chi connectivity index (χ4n) is 4.69. The molecule has 2 rings (SSSR count). The van der Waals surface area contributed by atoms with Gasteiger partial charge in [0.2, 0.25) is 0 Å². The van der Waals surface area contributed by atoms with Crippen LogP contribution in [0.2, 0.25) is 0 Å². The molecule has 0 amide bonds. The van der Waals surface area contributed by atoms with Crippen LogP contribution in [-0.4, -0.2) is 36.8 Å². The largest absolute Gasteiger partial charge is 0.392 e. The quantitative estimate of drug-likeness (QED) is 0.368. The molecule has 2 aliphatic carbocycles. The van der Waals surface area contributed by atoms with Gasteiger partial charge >= 0.3 is 0 Å². The van der Waals surface area contributed by atoms with Crippen molar-refractivity contribution in [3.05, 3.63) is 23.8 Å². The first-order chi connectivity index (χ1) is 12.1. The van der Waals surface area contributed by atoms with Crippen molar-refractivity contribution >= 4 is 0 Å². The van der Waals surface area contributed by atoms with Gasteiger partial charge in [-0.15, -0.1) is 0 Å². The Morgan fingerprint density at radius 1 is 1.12 bits per heavy atom. The molecule has 2 heteroatoms. The molecule has 0 aromatic carbocycles. The smallest absolute Gasteiger partial charge is 0.0611 e. The highest BCUT2D eigenvalue weighted by atomic mass is 16.3. The van der Waals surface area contributed by atoms with Gasteiger partial charge in [-0.3, -0.25) is 0 Å². The van der Waals surface area contributed by atoms with Crippen LogP contribution in [0.4, 0.5) is 0 Å². The summed E-state index contributed by atoms with van der Waals surface area (Å²) < 4.78 is 0. The molecule has 0 saturated heterocycles. The maximum Gasteiger partial charge on any atom is 0.0611 e. The van der Waals surface area contributed by atoms with Crippen LogP contribution in [0, 0.1) is 17.8 Å². The Labute approximate surface area is 156 Å². The van der Waals surface area contributed by atoms with E-state index in [9.17, 15) is 5.11 Å². The minimum atomic E-state index is -0.111. The molecular weight excluding hydrogens is 306 g/mol. The summed E-state index contributed by atoms with van der Waals surface area (Å²) in [6, 6.07) is 0. The second-order valence-electron chi connectivity index (χ2n) is 8.63. The van der Waals surface area contributed by atoms with Crippen molar-refractivity contribution in [2.45, 2.75) is 83.7 Å². The van der Waals surface area contributed by atoms with E-state index in [0.717, 1.165) is 6.42 Å². The molecule has 4 atom stereocenters. The molecule has 0 aromatic heterocycles. The standard InChI is InChI=1S/C23H41NO/c1-4-5-6-7-8-11-14-21-22-17-19(16-20(22)18-23(21)25)13-10-9-12-15-24(2)3/h11,14,16,20-23,25H,4-10,12-13,15,17-18H2,1-3H3/b14-11+/t20-,21+,22-,23+/m0/s1. The number of hydrogen-bond donors (Lipinski definition) is 1. The summed E-state index contributed by atoms with van der Waals surface area (Å²) in [5.74, 6) is 1.72. The van der Waals surface area contributed by atoms with Gasteiger partial charge in [-0.25, -0.2) is 0 Å². The van der Waals surface area contributed by atoms with Crippen molar-refractivity contribution in [1.29, 1.82) is 0 Å². The van der Waals surface area contributed by atoms with Crippen LogP contribution in [0.1, 0.15) is 77.6 Å². The summed E-state index contributed by atoms with van der Waals surface area (Å²) in [7, 11) is 4.31. The number of fused-ring (bicyclic) bond motifs is 1. The lowest BCUT2D eigenvalue weighted by Gasteiger charge is -2.18. The number of hydrogen-bond acceptors (Lipinski definition) is 2. The summed E-state index contributed by atoms with van der Waals surface area (Å²) in [4.78, 5) is 2.28. The molecule has 2 aliphatic rings. The third kappa shape index (κ3) is 6.90. The SMILES string of the molecule is CCCCCC/C=C/[C@@H]1[C@H]2CC(CCCCCN(C)C)=C[C@H]2C[C@H]1O. The van der Waals surface area contributed by atoms with E-state index in [4.69, 9.17) is 0 Å². The first kappa shape index (κ1) is 20.7. The average molecular weight is 348 g/mol. The Hall–Kier alpha value is -0.600. The molecule has 144 valence electrons. The highest BCUT2D eigenvalue weighted by Crippen LogP contribution is 2.48. The maximum absolute atomic E-state index is 10.4. The lowest BCUT2D eigenvalue weighted by molar-refractivity contribution is 0.141. The molecule has 0 bridgehead atoms. The highest BCUT2D eigenvalue weighted by molar-refractivity contribution is 5.20. The average Bonchev–Trinajstić information content (AvgIpc) is 3.07. The number of unbranched alkanes of at least 4 members (excludes halogenated alkanes) is 6. The van der Waals surface area contributed by atoms with Gasteiger partial charge in [-0.2, -0.15) is 0 Å². The zero-order chi connectivity index (χ0) is 18.1. The molecule has 0 aliphatic heterocycles. The van der Waals surface area contributed by atoms with E-state index < -0.39 is 0 Å². The molecule has 1 saturated carbocycles. The molecule has 0 aromatic rings. The molecule has 0 heterocycles. The number of allylic oxidation sites excluding steroid dienone is 3. The van der Waals surface area contributed by atoms with Crippen molar-refractivity contribution in [2.24, 2.45) is 17.8 Å². The lowest BCUT2D eigenvalue weighted by atomic mass is 9.88. The third-order valence-electron chi connectivity index (χ3n) is 6.14. The van der Waals surface area contributed by atoms with Gasteiger partial charge in [-0.1, -0.05) is 56.4 Å². The number of rotatable bonds is 12. The fraction of sp³-hybridized carbons (Fsp3) is 0.826. The summed E-state index contributed by atoms with van der Waals surface area (Å²) in [5, 5.41) is 10.4. The van der Waals surface area contributed by atoms with Crippen LogP contribution >= 0.6 is 0 Å². The molecule has 0 radical (unpaired) electrons. The predicted octanol–water partition coefficient (Wildman–Crippen LogP) is 5.58. The van der Waals surface area contributed by atoms with Crippen molar-refractivity contribution in [2.75, 3.05) is 20.6 Å². The lowest BCUT2D eigenvalue weighted by Crippen LogP contribution is -2.17. The molecule has 1 fully saturated rings. The van der Waals surface area contributed by atoms with Gasteiger partial charge in [0.1, 0.15) is 0 Å². The van der Waals surface area contributed by atoms with E-state index >= 15 is 0 Å². The summed E-state index contributed by atoms with van der Waals surface area (Å²) >= 11 is 0. The Morgan fingerprint density at radius 2 is 1.92 bits per heavy atom. The molecule has 0 spiro atoms. The van der Waals surface area contributed by atoms with Crippen molar-refractivity contribution in [1.82, 2.24) is 4.90 Å². The Balaban J connectivity index is 1.69. The monoisotopic (exact) mass is 347 g/mol. The van der Waals surface area contributed by atoms with Gasteiger partial charge in [0.05, 0.1) is 6.10 Å². The van der Waals surface area contributed by atoms with E-state index in [1.165, 1.54) is 70.8 Å². The highest BCUT2D eigenvalue weighted by Gasteiger charge is 2.42. The molecular formula is C23H41NO. The number of aliphatic hydroxyl groups is 1. The van der Waals surface area contributed by atoms with Crippen LogP contribution in [0.5, 0.6) is 0 Å². The fourth-order valence-corrected chi connectivity index (χ4v) is 4.69. The molecule has 2 nitrogen and oxygen atoms in total. The van der Waals surface area contributed by atoms with Gasteiger partial charge < -0.3 is 10.0 Å². The molecule has 0 unspecified atom stereocenters. The minimum Gasteiger partial charge on any atom is -0.392 e. The first-order valence-electron chi connectivity index (χ1n) is 10.8. The van der Waals surface area contributed by atoms with Crippen LogP contribution in [0.3, 0.4) is 0 Å². The summed E-state index contributed by atoms with van der Waals surface area (Å²) in [6.07, 6.45) is 21.1. The van der Waals surface area contributed by atoms with E-state index in [0.29, 0.717) is 17.8 Å². The van der Waals surface area contributed by atoms with Crippen molar-refractivity contribution < 1.29 is 5.11 Å².